The van der Waals surface area contributed by atoms with Gasteiger partial charge in [-0.15, -0.1) is 54.1 Å². The van der Waals surface area contributed by atoms with Crippen LogP contribution < -0.4 is 0 Å². The van der Waals surface area contributed by atoms with Crippen LogP contribution in [-0.2, 0) is 31.9 Å². The van der Waals surface area contributed by atoms with Gasteiger partial charge in [-0.1, -0.05) is 95.0 Å². The van der Waals surface area contributed by atoms with Crippen molar-refractivity contribution in [2.75, 3.05) is 0 Å². The van der Waals surface area contributed by atoms with E-state index in [0.29, 0.717) is 44.3 Å². The second kappa shape index (κ2) is 14.6. The molecule has 0 aliphatic carbocycles. The Balaban J connectivity index is 0.000000305. The van der Waals surface area contributed by atoms with Crippen molar-refractivity contribution in [1.82, 2.24) is 15.0 Å². The molecule has 4 aromatic heterocycles. The van der Waals surface area contributed by atoms with Gasteiger partial charge >= 0.3 is 0 Å². The van der Waals surface area contributed by atoms with Gasteiger partial charge in [-0.2, -0.15) is 0 Å². The zero-order valence-corrected chi connectivity index (χ0v) is 30.8. The molecule has 251 valence electrons. The molecule has 0 fully saturated rings. The summed E-state index contributed by atoms with van der Waals surface area (Å²) in [6, 6.07) is 33.5. The number of aryl methyl sites for hydroxylation is 2. The van der Waals surface area contributed by atoms with E-state index in [1.807, 2.05) is 51.2 Å². The van der Waals surface area contributed by atoms with Crippen molar-refractivity contribution in [3.63, 3.8) is 0 Å². The van der Waals surface area contributed by atoms with Gasteiger partial charge in [0, 0.05) is 54.5 Å². The maximum Gasteiger partial charge on any atom is 0.216 e. The van der Waals surface area contributed by atoms with Gasteiger partial charge in [-0.05, 0) is 82.2 Å². The largest absolute Gasteiger partial charge is 0.486 e. The van der Waals surface area contributed by atoms with E-state index in [-0.39, 0.29) is 42.5 Å². The summed E-state index contributed by atoms with van der Waals surface area (Å²) in [4.78, 5) is 13.1. The molecule has 5 heteroatoms. The second-order valence-corrected chi connectivity index (χ2v) is 13.8. The van der Waals surface area contributed by atoms with Crippen LogP contribution in [0.25, 0.3) is 55.7 Å². The van der Waals surface area contributed by atoms with Gasteiger partial charge in [0.1, 0.15) is 0 Å². The van der Waals surface area contributed by atoms with Crippen molar-refractivity contribution in [1.29, 1.82) is 0 Å². The van der Waals surface area contributed by atoms with Gasteiger partial charge in [-0.3, -0.25) is 0 Å². The normalized spacial score (nSPS) is 14.8. The zero-order valence-electron chi connectivity index (χ0n) is 36.4. The molecular weight excluding hydrogens is 779 g/mol. The summed E-state index contributed by atoms with van der Waals surface area (Å²) in [5.41, 5.74) is 5.78. The third-order valence-corrected chi connectivity index (χ3v) is 7.79. The van der Waals surface area contributed by atoms with E-state index < -0.39 is 25.5 Å². The fraction of sp³-hybridized carbons (Fsp3) is 0.250. The van der Waals surface area contributed by atoms with Crippen LogP contribution in [0.5, 0.6) is 0 Å². The van der Waals surface area contributed by atoms with Crippen LogP contribution in [0.4, 0.5) is 0 Å². The number of rotatable bonds is 4. The Morgan fingerprint density at radius 2 is 1.57 bits per heavy atom. The van der Waals surface area contributed by atoms with Crippen molar-refractivity contribution in [3.8, 4) is 33.6 Å². The van der Waals surface area contributed by atoms with Crippen molar-refractivity contribution >= 4 is 22.1 Å². The standard InChI is InChI=1S/C29H27N2O.C15H16N.Ir/c1-18-17-30-26(15-25(18)21-12-10-20(11-13-21)16-29(3,4)5)24-8-6-7-22-23-14-9-19(2)31-28(23)32-27(22)24;1-15(2,3)13-9-10-14(16-11-13)12-7-5-4-6-8-12;/h6-7,9-15,17H,16H2,1-5H3;4-7,9-11H,1-3H3;/q2*-1;/i1D3,2D3,16D2;;. The Bertz CT molecular complexity index is 2480. The predicted octanol–water partition coefficient (Wildman–Crippen LogP) is 11.6. The zero-order chi connectivity index (χ0) is 40.8. The van der Waals surface area contributed by atoms with Gasteiger partial charge < -0.3 is 14.4 Å². The van der Waals surface area contributed by atoms with Gasteiger partial charge in [0.2, 0.25) is 5.71 Å². The predicted molar refractivity (Wildman–Crippen MR) is 199 cm³/mol. The molecule has 4 nitrogen and oxygen atoms in total. The minimum Gasteiger partial charge on any atom is -0.486 e. The number of nitrogens with zero attached hydrogens (tertiary/aromatic N) is 3. The summed E-state index contributed by atoms with van der Waals surface area (Å²) in [6.07, 6.45) is 1.68. The Morgan fingerprint density at radius 1 is 0.776 bits per heavy atom. The Labute approximate surface area is 315 Å². The first-order valence-electron chi connectivity index (χ1n) is 19.9. The number of hydrogen-bond donors (Lipinski definition) is 0. The first-order chi connectivity index (χ1) is 26.1. The number of hydrogen-bond acceptors (Lipinski definition) is 4. The smallest absolute Gasteiger partial charge is 0.216 e. The molecule has 0 spiro atoms. The van der Waals surface area contributed by atoms with Crippen LogP contribution in [-0.4, -0.2) is 15.0 Å². The Hall–Kier alpha value is -4.44. The van der Waals surface area contributed by atoms with Crippen LogP contribution in [0.15, 0.2) is 108 Å². The molecule has 7 aromatic rings. The third kappa shape index (κ3) is 8.41. The Morgan fingerprint density at radius 3 is 2.22 bits per heavy atom. The van der Waals surface area contributed by atoms with Crippen LogP contribution in [0.1, 0.15) is 74.9 Å². The molecule has 3 aromatic carbocycles. The number of benzene rings is 3. The summed E-state index contributed by atoms with van der Waals surface area (Å²) in [5, 5.41) is 1.34. The Kier molecular flexibility index (Phi) is 7.86. The number of fused-ring (bicyclic) bond motifs is 3. The number of furan rings is 1. The van der Waals surface area contributed by atoms with Crippen molar-refractivity contribution < 1.29 is 35.5 Å². The SMILES string of the molecule is CC(C)(C)c1ccc(-c2[c-]cccc2)nc1.[2H]C([2H])([2H])c1ccc2c(n1)oc1c(-c3cc(-c4ccc(C([2H])([2H])C(C)(C)C)cc4)c(C([2H])([2H])[2H])cn3)[c-]ccc12.[Ir]. The third-order valence-electron chi connectivity index (χ3n) is 7.79. The van der Waals surface area contributed by atoms with Gasteiger partial charge in [0.05, 0.1) is 5.58 Å². The molecule has 0 atom stereocenters. The summed E-state index contributed by atoms with van der Waals surface area (Å²) in [6.45, 7) is 7.25. The summed E-state index contributed by atoms with van der Waals surface area (Å²) < 4.78 is 70.4. The van der Waals surface area contributed by atoms with Crippen molar-refractivity contribution in [2.24, 2.45) is 5.41 Å². The molecule has 1 radical (unpaired) electrons. The maximum atomic E-state index is 8.57. The second-order valence-electron chi connectivity index (χ2n) is 13.8. The number of aromatic nitrogens is 3. The fourth-order valence-corrected chi connectivity index (χ4v) is 5.36. The molecule has 0 bridgehead atoms. The maximum absolute atomic E-state index is 8.57. The molecule has 0 aliphatic heterocycles. The van der Waals surface area contributed by atoms with Gasteiger partial charge in [0.25, 0.3) is 0 Å². The van der Waals surface area contributed by atoms with Crippen LogP contribution in [0.3, 0.4) is 0 Å². The molecule has 49 heavy (non-hydrogen) atoms. The van der Waals surface area contributed by atoms with Crippen LogP contribution in [0.2, 0.25) is 0 Å². The van der Waals surface area contributed by atoms with Crippen molar-refractivity contribution in [3.05, 3.63) is 138 Å². The van der Waals surface area contributed by atoms with Gasteiger partial charge in [0.15, 0.2) is 0 Å². The van der Waals surface area contributed by atoms with Crippen molar-refractivity contribution in [2.45, 2.75) is 67.0 Å². The molecule has 0 saturated carbocycles. The quantitative estimate of drug-likeness (QED) is 0.166. The van der Waals surface area contributed by atoms with Crippen LogP contribution >= 0.6 is 0 Å². The minimum absolute atomic E-state index is 0. The van der Waals surface area contributed by atoms with E-state index in [1.165, 1.54) is 17.8 Å². The summed E-state index contributed by atoms with van der Waals surface area (Å²) in [7, 11) is 0. The van der Waals surface area contributed by atoms with E-state index in [4.69, 9.17) is 15.4 Å². The van der Waals surface area contributed by atoms with Gasteiger partial charge in [-0.25, -0.2) is 4.98 Å². The topological polar surface area (TPSA) is 51.8 Å². The molecule has 0 amide bonds. The minimum atomic E-state index is -2.44. The summed E-state index contributed by atoms with van der Waals surface area (Å²) >= 11 is 0. The molecule has 0 unspecified atom stereocenters. The average Bonchev–Trinajstić information content (AvgIpc) is 3.52. The summed E-state index contributed by atoms with van der Waals surface area (Å²) in [5.74, 6) is 0. The van der Waals surface area contributed by atoms with E-state index in [0.717, 1.165) is 11.3 Å². The molecule has 7 rings (SSSR count). The van der Waals surface area contributed by atoms with Crippen LogP contribution in [0, 0.1) is 31.3 Å². The average molecular weight is 830 g/mol. The first-order valence-corrected chi connectivity index (χ1v) is 15.9. The molecule has 0 N–H and O–H groups in total. The molecule has 0 saturated heterocycles. The van der Waals surface area contributed by atoms with E-state index in [1.54, 1.807) is 48.5 Å². The molecule has 0 aliphatic rings. The first kappa shape index (κ1) is 26.4. The number of pyridine rings is 3. The molecule has 4 heterocycles. The molecular formula is C44H43IrN3O-2. The fourth-order valence-electron chi connectivity index (χ4n) is 5.36. The van der Waals surface area contributed by atoms with E-state index in [2.05, 4.69) is 60.0 Å². The van der Waals surface area contributed by atoms with E-state index in [9.17, 15) is 0 Å². The monoisotopic (exact) mass is 830 g/mol. The van der Waals surface area contributed by atoms with E-state index >= 15 is 0 Å².